The molecule has 110 valence electrons. The van der Waals surface area contributed by atoms with Crippen LogP contribution < -0.4 is 0 Å². The molecule has 2 aromatic rings. The molecule has 2 aromatic carbocycles. The first kappa shape index (κ1) is 18.2. The van der Waals surface area contributed by atoms with Crippen LogP contribution in [0.15, 0.2) is 34.1 Å². The van der Waals surface area contributed by atoms with Gasteiger partial charge in [0.25, 0.3) is 20.2 Å². The third-order valence-corrected chi connectivity index (χ3v) is 4.32. The topological polar surface area (TPSA) is 149 Å². The summed E-state index contributed by atoms with van der Waals surface area (Å²) in [5.74, 6) is -1.53. The second-order valence-electron chi connectivity index (χ2n) is 3.94. The first-order chi connectivity index (χ1) is 9.00. The fraction of sp³-hybridized carbons (Fsp3) is 0. The fourth-order valence-electron chi connectivity index (χ4n) is 1.70. The SMILES string of the molecule is O=S(=O)(O)c1cc2cc(S(=O)(=O)O)c(O)cc2cc1O.[NaH]. The van der Waals surface area contributed by atoms with Gasteiger partial charge in [0, 0.05) is 0 Å². The van der Waals surface area contributed by atoms with Gasteiger partial charge in [0.1, 0.15) is 21.3 Å². The molecule has 0 spiro atoms. The predicted octanol–water partition coefficient (Wildman–Crippen LogP) is 0.0959. The molecule has 0 aliphatic heterocycles. The van der Waals surface area contributed by atoms with Crippen LogP contribution in [0.25, 0.3) is 10.8 Å². The molecule has 4 N–H and O–H groups in total. The van der Waals surface area contributed by atoms with E-state index in [2.05, 4.69) is 0 Å². The molecule has 0 amide bonds. The second kappa shape index (κ2) is 5.72. The molecular formula is C10H9NaO8S2. The van der Waals surface area contributed by atoms with E-state index in [0.717, 1.165) is 24.3 Å². The van der Waals surface area contributed by atoms with Crippen LogP contribution in [0.4, 0.5) is 0 Å². The summed E-state index contributed by atoms with van der Waals surface area (Å²) >= 11 is 0. The van der Waals surface area contributed by atoms with Crippen molar-refractivity contribution in [2.45, 2.75) is 9.79 Å². The Hall–Kier alpha value is -0.880. The number of fused-ring (bicyclic) bond motifs is 1. The van der Waals surface area contributed by atoms with Gasteiger partial charge < -0.3 is 10.2 Å². The zero-order chi connectivity index (χ0) is 15.3. The van der Waals surface area contributed by atoms with E-state index in [0.29, 0.717) is 0 Å². The summed E-state index contributed by atoms with van der Waals surface area (Å²) in [5, 5.41) is 19.0. The van der Waals surface area contributed by atoms with E-state index < -0.39 is 41.5 Å². The van der Waals surface area contributed by atoms with Gasteiger partial charge in [-0.2, -0.15) is 16.8 Å². The van der Waals surface area contributed by atoms with Crippen molar-refractivity contribution in [1.29, 1.82) is 0 Å². The Balaban J connectivity index is 0.00000220. The van der Waals surface area contributed by atoms with Crippen LogP contribution in [-0.2, 0) is 20.2 Å². The Morgan fingerprint density at radius 3 is 1.24 bits per heavy atom. The third-order valence-electron chi connectivity index (χ3n) is 2.55. The van der Waals surface area contributed by atoms with Crippen LogP contribution >= 0.6 is 0 Å². The average Bonchev–Trinajstić information content (AvgIpc) is 2.24. The van der Waals surface area contributed by atoms with Gasteiger partial charge >= 0.3 is 29.6 Å². The molecule has 0 aromatic heterocycles. The van der Waals surface area contributed by atoms with Gasteiger partial charge in [0.2, 0.25) is 0 Å². The van der Waals surface area contributed by atoms with E-state index in [1.54, 1.807) is 0 Å². The molecule has 0 aliphatic rings. The summed E-state index contributed by atoms with van der Waals surface area (Å²) in [6.45, 7) is 0. The van der Waals surface area contributed by atoms with Crippen LogP contribution in [0.2, 0.25) is 0 Å². The number of hydrogen-bond acceptors (Lipinski definition) is 6. The number of hydrogen-bond donors (Lipinski definition) is 4. The quantitative estimate of drug-likeness (QED) is 0.442. The van der Waals surface area contributed by atoms with Crippen LogP contribution in [0.5, 0.6) is 11.5 Å². The van der Waals surface area contributed by atoms with Crippen molar-refractivity contribution in [2.24, 2.45) is 0 Å². The molecular weight excluding hydrogens is 335 g/mol. The van der Waals surface area contributed by atoms with Gasteiger partial charge in [-0.25, -0.2) is 0 Å². The molecule has 0 heterocycles. The maximum absolute atomic E-state index is 11.0. The zero-order valence-electron chi connectivity index (χ0n) is 9.55. The van der Waals surface area contributed by atoms with Crippen LogP contribution in [0.1, 0.15) is 0 Å². The maximum atomic E-state index is 11.0. The summed E-state index contributed by atoms with van der Waals surface area (Å²) in [4.78, 5) is -1.64. The molecule has 0 aliphatic carbocycles. The molecule has 0 bridgehead atoms. The number of phenols is 2. The number of benzene rings is 2. The minimum atomic E-state index is -4.71. The van der Waals surface area contributed by atoms with Crippen molar-refractivity contribution in [3.8, 4) is 11.5 Å². The third kappa shape index (κ3) is 3.66. The molecule has 0 atom stereocenters. The molecule has 0 radical (unpaired) electrons. The minimum absolute atomic E-state index is 0. The summed E-state index contributed by atoms with van der Waals surface area (Å²) < 4.78 is 61.9. The molecule has 8 nitrogen and oxygen atoms in total. The van der Waals surface area contributed by atoms with Crippen molar-refractivity contribution in [2.75, 3.05) is 0 Å². The average molecular weight is 344 g/mol. The van der Waals surface area contributed by atoms with Gasteiger partial charge in [-0.1, -0.05) is 0 Å². The second-order valence-corrected chi connectivity index (χ2v) is 6.72. The predicted molar refractivity (Wildman–Crippen MR) is 74.1 cm³/mol. The molecule has 2 rings (SSSR count). The summed E-state index contributed by atoms with van der Waals surface area (Å²) in [6, 6.07) is 3.47. The Morgan fingerprint density at radius 2 is 0.952 bits per heavy atom. The van der Waals surface area contributed by atoms with E-state index >= 15 is 0 Å². The first-order valence-electron chi connectivity index (χ1n) is 4.95. The van der Waals surface area contributed by atoms with E-state index in [-0.39, 0.29) is 40.3 Å². The first-order valence-corrected chi connectivity index (χ1v) is 7.83. The number of rotatable bonds is 2. The summed E-state index contributed by atoms with van der Waals surface area (Å²) in [6.07, 6.45) is 0. The van der Waals surface area contributed by atoms with Crippen LogP contribution in [0.3, 0.4) is 0 Å². The van der Waals surface area contributed by atoms with E-state index in [4.69, 9.17) is 9.11 Å². The Morgan fingerprint density at radius 1 is 0.667 bits per heavy atom. The molecule has 11 heteroatoms. The van der Waals surface area contributed by atoms with Gasteiger partial charge in [-0.3, -0.25) is 9.11 Å². The summed E-state index contributed by atoms with van der Waals surface area (Å²) in [7, 11) is -9.42. The summed E-state index contributed by atoms with van der Waals surface area (Å²) in [5.41, 5.74) is 0. The number of aromatic hydroxyl groups is 2. The Labute approximate surface area is 141 Å². The van der Waals surface area contributed by atoms with Gasteiger partial charge in [0.05, 0.1) is 0 Å². The molecule has 0 saturated heterocycles. The standard InChI is InChI=1S/C10H8O8S2.Na.H/c11-7-1-5-2-8(12)10(20(16,17)18)4-6(5)3-9(7)19(13,14)15;;/h1-4,11-12H,(H,13,14,15)(H,16,17,18);;. The molecule has 21 heavy (non-hydrogen) atoms. The Bertz CT molecular complexity index is 845. The monoisotopic (exact) mass is 344 g/mol. The van der Waals surface area contributed by atoms with Gasteiger partial charge in [-0.05, 0) is 35.0 Å². The Kier molecular flexibility index (Phi) is 4.95. The normalized spacial score (nSPS) is 12.1. The molecule has 0 unspecified atom stereocenters. The van der Waals surface area contributed by atoms with Gasteiger partial charge in [0.15, 0.2) is 0 Å². The van der Waals surface area contributed by atoms with Crippen LogP contribution in [-0.4, -0.2) is 65.7 Å². The van der Waals surface area contributed by atoms with E-state index in [1.807, 2.05) is 0 Å². The van der Waals surface area contributed by atoms with Crippen molar-refractivity contribution in [1.82, 2.24) is 0 Å². The van der Waals surface area contributed by atoms with Crippen molar-refractivity contribution >= 4 is 60.6 Å². The molecule has 0 fully saturated rings. The van der Waals surface area contributed by atoms with Crippen molar-refractivity contribution in [3.05, 3.63) is 24.3 Å². The fourth-order valence-corrected chi connectivity index (χ4v) is 2.90. The number of phenolic OH excluding ortho intramolecular Hbond substituents is 2. The zero-order valence-corrected chi connectivity index (χ0v) is 11.2. The van der Waals surface area contributed by atoms with E-state index in [1.165, 1.54) is 0 Å². The van der Waals surface area contributed by atoms with Gasteiger partial charge in [-0.15, -0.1) is 0 Å². The van der Waals surface area contributed by atoms with Crippen molar-refractivity contribution < 1.29 is 36.2 Å². The molecule has 0 saturated carbocycles. The van der Waals surface area contributed by atoms with E-state index in [9.17, 15) is 27.0 Å². The van der Waals surface area contributed by atoms with Crippen LogP contribution in [0, 0.1) is 0 Å². The van der Waals surface area contributed by atoms with Crippen molar-refractivity contribution in [3.63, 3.8) is 0 Å².